The van der Waals surface area contributed by atoms with Crippen molar-refractivity contribution < 1.29 is 9.53 Å². The van der Waals surface area contributed by atoms with Gasteiger partial charge in [-0.05, 0) is 18.2 Å². The lowest BCUT2D eigenvalue weighted by molar-refractivity contribution is -0.118. The number of nitrogens with two attached hydrogens (primary N) is 1. The number of halogens is 1. The summed E-state index contributed by atoms with van der Waals surface area (Å²) in [5.41, 5.74) is 5.14. The summed E-state index contributed by atoms with van der Waals surface area (Å²) in [6.45, 7) is 0.574. The van der Waals surface area contributed by atoms with Gasteiger partial charge in [-0.25, -0.2) is 0 Å². The van der Waals surface area contributed by atoms with Gasteiger partial charge >= 0.3 is 0 Å². The molecule has 0 fully saturated rings. The average Bonchev–Trinajstić information content (AvgIpc) is 2.82. The van der Waals surface area contributed by atoms with Gasteiger partial charge in [0.05, 0.1) is 6.61 Å². The standard InChI is InChI=1S/C14H17BrN4O2S/c1-19-13(6-5-12(16)20)17-18-14(19)22-8-7-21-11-4-2-3-10(15)9-11/h2-4,9H,5-8H2,1H3,(H2,16,20). The van der Waals surface area contributed by atoms with E-state index in [9.17, 15) is 4.79 Å². The summed E-state index contributed by atoms with van der Waals surface area (Å²) in [6, 6.07) is 7.73. The number of thioether (sulfide) groups is 1. The van der Waals surface area contributed by atoms with Crippen LogP contribution in [0.1, 0.15) is 12.2 Å². The lowest BCUT2D eigenvalue weighted by Crippen LogP contribution is -2.12. The molecule has 2 N–H and O–H groups in total. The Morgan fingerprint density at radius 3 is 3.00 bits per heavy atom. The van der Waals surface area contributed by atoms with Crippen LogP contribution in [-0.4, -0.2) is 33.0 Å². The average molecular weight is 385 g/mol. The number of carbonyl (C=O) groups excluding carboxylic acids is 1. The minimum atomic E-state index is -0.334. The highest BCUT2D eigenvalue weighted by molar-refractivity contribution is 9.10. The van der Waals surface area contributed by atoms with Crippen LogP contribution in [0.15, 0.2) is 33.9 Å². The lowest BCUT2D eigenvalue weighted by Gasteiger charge is -2.06. The number of rotatable bonds is 8. The molecule has 0 bridgehead atoms. The molecule has 8 heteroatoms. The van der Waals surface area contributed by atoms with E-state index in [1.165, 1.54) is 0 Å². The van der Waals surface area contributed by atoms with Gasteiger partial charge in [0.2, 0.25) is 5.91 Å². The molecule has 0 unspecified atom stereocenters. The monoisotopic (exact) mass is 384 g/mol. The van der Waals surface area contributed by atoms with Crippen LogP contribution in [0.3, 0.4) is 0 Å². The first-order valence-electron chi connectivity index (χ1n) is 6.74. The van der Waals surface area contributed by atoms with Gasteiger partial charge in [0.15, 0.2) is 5.16 Å². The van der Waals surface area contributed by atoms with Crippen molar-refractivity contribution in [2.75, 3.05) is 12.4 Å². The van der Waals surface area contributed by atoms with E-state index in [2.05, 4.69) is 26.1 Å². The van der Waals surface area contributed by atoms with Gasteiger partial charge in [-0.1, -0.05) is 33.8 Å². The SMILES string of the molecule is Cn1c(CCC(N)=O)nnc1SCCOc1cccc(Br)c1. The van der Waals surface area contributed by atoms with E-state index in [0.29, 0.717) is 13.0 Å². The third-order valence-corrected chi connectivity index (χ3v) is 4.38. The molecular weight excluding hydrogens is 368 g/mol. The number of carbonyl (C=O) groups is 1. The number of benzene rings is 1. The van der Waals surface area contributed by atoms with E-state index in [0.717, 1.165) is 27.0 Å². The van der Waals surface area contributed by atoms with E-state index >= 15 is 0 Å². The number of aryl methyl sites for hydroxylation is 1. The van der Waals surface area contributed by atoms with Crippen LogP contribution >= 0.6 is 27.7 Å². The Hall–Kier alpha value is -1.54. The molecule has 0 aliphatic heterocycles. The Kier molecular flexibility index (Phi) is 6.26. The van der Waals surface area contributed by atoms with Crippen LogP contribution in [0.5, 0.6) is 5.75 Å². The number of hydrogen-bond donors (Lipinski definition) is 1. The molecule has 6 nitrogen and oxygen atoms in total. The van der Waals surface area contributed by atoms with Crippen molar-refractivity contribution in [2.45, 2.75) is 18.0 Å². The van der Waals surface area contributed by atoms with Crippen molar-refractivity contribution in [1.82, 2.24) is 14.8 Å². The van der Waals surface area contributed by atoms with E-state index in [1.54, 1.807) is 11.8 Å². The van der Waals surface area contributed by atoms with E-state index in [-0.39, 0.29) is 12.3 Å². The maximum Gasteiger partial charge on any atom is 0.217 e. The molecule has 22 heavy (non-hydrogen) atoms. The van der Waals surface area contributed by atoms with Crippen molar-refractivity contribution in [1.29, 1.82) is 0 Å². The third-order valence-electron chi connectivity index (χ3n) is 2.90. The molecule has 0 aliphatic carbocycles. The molecule has 0 saturated carbocycles. The molecule has 1 aromatic carbocycles. The summed E-state index contributed by atoms with van der Waals surface area (Å²) in [4.78, 5) is 10.8. The maximum absolute atomic E-state index is 10.8. The first kappa shape index (κ1) is 16.8. The second-order valence-electron chi connectivity index (χ2n) is 4.58. The van der Waals surface area contributed by atoms with E-state index in [1.807, 2.05) is 35.9 Å². The molecule has 0 atom stereocenters. The number of hydrogen-bond acceptors (Lipinski definition) is 5. The third kappa shape index (κ3) is 5.03. The molecule has 0 radical (unpaired) electrons. The zero-order chi connectivity index (χ0) is 15.9. The minimum Gasteiger partial charge on any atom is -0.493 e. The van der Waals surface area contributed by atoms with E-state index < -0.39 is 0 Å². The van der Waals surface area contributed by atoms with Gasteiger partial charge in [-0.2, -0.15) is 0 Å². The second kappa shape index (κ2) is 8.19. The number of aromatic nitrogens is 3. The van der Waals surface area contributed by atoms with Gasteiger partial charge in [-0.15, -0.1) is 10.2 Å². The summed E-state index contributed by atoms with van der Waals surface area (Å²) in [5, 5.41) is 8.99. The number of amides is 1. The summed E-state index contributed by atoms with van der Waals surface area (Å²) in [5.74, 6) is 2.01. The zero-order valence-electron chi connectivity index (χ0n) is 12.2. The Labute approximate surface area is 141 Å². The maximum atomic E-state index is 10.8. The molecule has 0 spiro atoms. The first-order valence-corrected chi connectivity index (χ1v) is 8.52. The summed E-state index contributed by atoms with van der Waals surface area (Å²) < 4.78 is 8.54. The van der Waals surface area contributed by atoms with Gasteiger partial charge < -0.3 is 15.0 Å². The van der Waals surface area contributed by atoms with Gasteiger partial charge in [0.25, 0.3) is 0 Å². The minimum absolute atomic E-state index is 0.280. The van der Waals surface area contributed by atoms with Crippen LogP contribution in [0.25, 0.3) is 0 Å². The predicted octanol–water partition coefficient (Wildman–Crippen LogP) is 2.17. The summed E-state index contributed by atoms with van der Waals surface area (Å²) in [7, 11) is 1.88. The molecule has 0 saturated heterocycles. The largest absolute Gasteiger partial charge is 0.493 e. The predicted molar refractivity (Wildman–Crippen MR) is 88.9 cm³/mol. The smallest absolute Gasteiger partial charge is 0.217 e. The van der Waals surface area contributed by atoms with Crippen LogP contribution < -0.4 is 10.5 Å². The number of primary amides is 1. The Bertz CT molecular complexity index is 648. The van der Waals surface area contributed by atoms with Crippen LogP contribution in [0, 0.1) is 0 Å². The quantitative estimate of drug-likeness (QED) is 0.556. The second-order valence-corrected chi connectivity index (χ2v) is 6.56. The molecule has 0 aliphatic rings. The Morgan fingerprint density at radius 2 is 2.27 bits per heavy atom. The fourth-order valence-electron chi connectivity index (χ4n) is 1.77. The van der Waals surface area contributed by atoms with Crippen LogP contribution in [-0.2, 0) is 18.3 Å². The highest BCUT2D eigenvalue weighted by atomic mass is 79.9. The Morgan fingerprint density at radius 1 is 1.45 bits per heavy atom. The molecule has 2 rings (SSSR count). The van der Waals surface area contributed by atoms with Gasteiger partial charge in [-0.3, -0.25) is 4.79 Å². The molecular formula is C14H17BrN4O2S. The molecule has 1 aromatic heterocycles. The van der Waals surface area contributed by atoms with Gasteiger partial charge in [0, 0.05) is 30.1 Å². The molecule has 2 aromatic rings. The molecule has 1 amide bonds. The summed E-state index contributed by atoms with van der Waals surface area (Å²) >= 11 is 4.97. The number of nitrogens with zero attached hydrogens (tertiary/aromatic N) is 3. The van der Waals surface area contributed by atoms with Crippen LogP contribution in [0.4, 0.5) is 0 Å². The van der Waals surface area contributed by atoms with E-state index in [4.69, 9.17) is 10.5 Å². The fourth-order valence-corrected chi connectivity index (χ4v) is 2.90. The van der Waals surface area contributed by atoms with Crippen LogP contribution in [0.2, 0.25) is 0 Å². The Balaban J connectivity index is 1.78. The highest BCUT2D eigenvalue weighted by Gasteiger charge is 2.10. The zero-order valence-corrected chi connectivity index (χ0v) is 14.6. The topological polar surface area (TPSA) is 83.0 Å². The van der Waals surface area contributed by atoms with Crippen molar-refractivity contribution in [3.8, 4) is 5.75 Å². The molecule has 118 valence electrons. The fraction of sp³-hybridized carbons (Fsp3) is 0.357. The van der Waals surface area contributed by atoms with Gasteiger partial charge in [0.1, 0.15) is 11.6 Å². The normalized spacial score (nSPS) is 10.6. The number of ether oxygens (including phenoxy) is 1. The van der Waals surface area contributed by atoms with Crippen molar-refractivity contribution in [3.05, 3.63) is 34.6 Å². The summed E-state index contributed by atoms with van der Waals surface area (Å²) in [6.07, 6.45) is 0.788. The highest BCUT2D eigenvalue weighted by Crippen LogP contribution is 2.19. The lowest BCUT2D eigenvalue weighted by atomic mass is 10.3. The van der Waals surface area contributed by atoms with Crippen molar-refractivity contribution in [3.63, 3.8) is 0 Å². The van der Waals surface area contributed by atoms with Crippen molar-refractivity contribution in [2.24, 2.45) is 12.8 Å². The first-order chi connectivity index (χ1) is 10.6. The molecule has 1 heterocycles. The van der Waals surface area contributed by atoms with Crippen molar-refractivity contribution >= 4 is 33.6 Å².